The summed E-state index contributed by atoms with van der Waals surface area (Å²) in [5.74, 6) is 2.10. The first-order chi connectivity index (χ1) is 21.0. The Kier molecular flexibility index (Phi) is 13.0. The summed E-state index contributed by atoms with van der Waals surface area (Å²) >= 11 is 6.70. The smallest absolute Gasteiger partial charge is 0.222 e. The predicted octanol–water partition coefficient (Wildman–Crippen LogP) is 7.07. The summed E-state index contributed by atoms with van der Waals surface area (Å²) in [5.41, 5.74) is 4.75. The second kappa shape index (κ2) is 16.9. The van der Waals surface area contributed by atoms with Gasteiger partial charge in [-0.3, -0.25) is 10.2 Å². The van der Waals surface area contributed by atoms with Gasteiger partial charge in [0, 0.05) is 36.9 Å². The number of carbonyl (C=O) groups excluding carboxylic acids is 1. The van der Waals surface area contributed by atoms with Gasteiger partial charge in [0.25, 0.3) is 0 Å². The van der Waals surface area contributed by atoms with Gasteiger partial charge >= 0.3 is 0 Å². The number of nitrogens with zero attached hydrogens (tertiary/aromatic N) is 4. The minimum Gasteiger partial charge on any atom is -0.408 e. The number of amides is 1. The van der Waals surface area contributed by atoms with E-state index < -0.39 is 0 Å². The normalized spacial score (nSPS) is 15.8. The summed E-state index contributed by atoms with van der Waals surface area (Å²) in [6.45, 7) is 1.96. The van der Waals surface area contributed by atoms with Gasteiger partial charge in [-0.1, -0.05) is 30.9 Å². The molecule has 44 heavy (non-hydrogen) atoms. The standard InChI is InChI=1S/C23H27FN4O.C8H9ClN2O2S.H2S/c24-17-7-8-20-21(14-17)27-23(26-20)16-6-9-22(25-15-16)28-12-10-19(11-13-28)29-18-4-2-1-3-5-18;1-11(10-6-12)14-13-8-4-2-7(9)3-5-8;/h6-9,14-15,18-19H,1-5,10-13H2,(H,26,27);2-6H,1H3,(H,10,12);1H2. The van der Waals surface area contributed by atoms with Crippen LogP contribution >= 0.6 is 37.3 Å². The monoisotopic (exact) mass is 660 g/mol. The number of fused-ring (bicyclic) bond motifs is 1. The molecule has 9 nitrogen and oxygen atoms in total. The molecule has 0 atom stereocenters. The molecule has 1 aliphatic heterocycles. The van der Waals surface area contributed by atoms with E-state index in [1.807, 2.05) is 18.3 Å². The Bertz CT molecular complexity index is 1450. The fourth-order valence-electron chi connectivity index (χ4n) is 5.21. The first-order valence-corrected chi connectivity index (χ1v) is 15.6. The number of pyridine rings is 1. The van der Waals surface area contributed by atoms with Crippen molar-refractivity contribution in [2.75, 3.05) is 25.0 Å². The Morgan fingerprint density at radius 1 is 1.05 bits per heavy atom. The number of ether oxygens (including phenoxy) is 1. The van der Waals surface area contributed by atoms with E-state index in [4.69, 9.17) is 20.5 Å². The number of H-pyrrole nitrogens is 1. The van der Waals surface area contributed by atoms with E-state index in [1.54, 1.807) is 37.4 Å². The number of hydrogen-bond donors (Lipinski definition) is 2. The van der Waals surface area contributed by atoms with Gasteiger partial charge < -0.3 is 18.8 Å². The van der Waals surface area contributed by atoms with E-state index >= 15 is 0 Å². The number of carbonyl (C=O) groups is 1. The predicted molar refractivity (Wildman–Crippen MR) is 179 cm³/mol. The lowest BCUT2D eigenvalue weighted by atomic mass is 9.97. The summed E-state index contributed by atoms with van der Waals surface area (Å²) < 4.78 is 26.4. The largest absolute Gasteiger partial charge is 0.408 e. The molecule has 0 spiro atoms. The number of nitrogens with one attached hydrogen (secondary N) is 2. The number of hydrazine groups is 1. The van der Waals surface area contributed by atoms with Crippen molar-refractivity contribution in [3.63, 3.8) is 0 Å². The molecule has 2 aromatic heterocycles. The van der Waals surface area contributed by atoms with Crippen molar-refractivity contribution in [3.8, 4) is 17.1 Å². The zero-order valence-corrected chi connectivity index (χ0v) is 27.1. The van der Waals surface area contributed by atoms with Gasteiger partial charge in [-0.15, -0.1) is 4.41 Å². The van der Waals surface area contributed by atoms with Crippen LogP contribution in [0.5, 0.6) is 5.75 Å². The maximum Gasteiger partial charge on any atom is 0.222 e. The molecule has 1 saturated carbocycles. The topological polar surface area (TPSA) is 95.6 Å². The minimum atomic E-state index is -0.267. The molecule has 0 bridgehead atoms. The first kappa shape index (κ1) is 33.9. The van der Waals surface area contributed by atoms with E-state index in [0.29, 0.717) is 40.7 Å². The maximum absolute atomic E-state index is 13.4. The molecule has 1 saturated heterocycles. The van der Waals surface area contributed by atoms with Crippen LogP contribution in [0.25, 0.3) is 22.4 Å². The number of aromatic nitrogens is 3. The van der Waals surface area contributed by atoms with Crippen molar-refractivity contribution in [3.05, 3.63) is 71.6 Å². The molecule has 2 fully saturated rings. The van der Waals surface area contributed by atoms with Crippen LogP contribution < -0.4 is 14.5 Å². The number of anilines is 1. The summed E-state index contributed by atoms with van der Waals surface area (Å²) in [6, 6.07) is 15.6. The molecule has 6 rings (SSSR count). The van der Waals surface area contributed by atoms with Crippen LogP contribution in [0.1, 0.15) is 44.9 Å². The number of benzene rings is 2. The number of halogens is 2. The van der Waals surface area contributed by atoms with Gasteiger partial charge in [0.15, 0.2) is 12.2 Å². The van der Waals surface area contributed by atoms with Crippen molar-refractivity contribution in [1.82, 2.24) is 24.8 Å². The Morgan fingerprint density at radius 2 is 1.77 bits per heavy atom. The lowest BCUT2D eigenvalue weighted by molar-refractivity contribution is -0.111. The van der Waals surface area contributed by atoms with Crippen LogP contribution in [0.2, 0.25) is 5.02 Å². The van der Waals surface area contributed by atoms with Crippen LogP contribution in [0.3, 0.4) is 0 Å². The van der Waals surface area contributed by atoms with Crippen LogP contribution in [-0.4, -0.2) is 58.1 Å². The molecule has 13 heteroatoms. The van der Waals surface area contributed by atoms with Crippen molar-refractivity contribution in [2.24, 2.45) is 0 Å². The van der Waals surface area contributed by atoms with Crippen LogP contribution in [0, 0.1) is 5.82 Å². The molecule has 4 aromatic rings. The summed E-state index contributed by atoms with van der Waals surface area (Å²) in [6.07, 6.45) is 11.9. The molecule has 3 heterocycles. The fraction of sp³-hybridized carbons (Fsp3) is 0.387. The average Bonchev–Trinajstić information content (AvgIpc) is 3.46. The van der Waals surface area contributed by atoms with Crippen LogP contribution in [0.4, 0.5) is 10.2 Å². The van der Waals surface area contributed by atoms with E-state index in [9.17, 15) is 9.18 Å². The number of hydrogen-bond acceptors (Lipinski definition) is 8. The third-order valence-electron chi connectivity index (χ3n) is 7.46. The minimum absolute atomic E-state index is 0. The third kappa shape index (κ3) is 9.73. The van der Waals surface area contributed by atoms with Crippen molar-refractivity contribution < 1.29 is 18.1 Å². The van der Waals surface area contributed by atoms with Gasteiger partial charge in [0.1, 0.15) is 23.2 Å². The number of aromatic amines is 1. The van der Waals surface area contributed by atoms with Crippen molar-refractivity contribution >= 4 is 60.6 Å². The number of imidazole rings is 1. The third-order valence-corrected chi connectivity index (χ3v) is 8.31. The summed E-state index contributed by atoms with van der Waals surface area (Å²) in [7, 11) is 1.66. The molecule has 2 N–H and O–H groups in total. The molecular formula is C31H38ClFN6O3S2. The highest BCUT2D eigenvalue weighted by atomic mass is 35.5. The maximum atomic E-state index is 13.4. The van der Waals surface area contributed by atoms with E-state index in [0.717, 1.165) is 55.1 Å². The Morgan fingerprint density at radius 3 is 2.45 bits per heavy atom. The zero-order valence-electron chi connectivity index (χ0n) is 24.5. The van der Waals surface area contributed by atoms with Gasteiger partial charge in [0.05, 0.1) is 23.2 Å². The van der Waals surface area contributed by atoms with Gasteiger partial charge in [0.2, 0.25) is 6.41 Å². The van der Waals surface area contributed by atoms with Gasteiger partial charge in [-0.05, 0) is 80.3 Å². The zero-order chi connectivity index (χ0) is 30.0. The van der Waals surface area contributed by atoms with Crippen LogP contribution in [0.15, 0.2) is 60.8 Å². The quantitative estimate of drug-likeness (QED) is 0.0852. The molecule has 0 unspecified atom stereocenters. The van der Waals surface area contributed by atoms with Gasteiger partial charge in [-0.2, -0.15) is 13.5 Å². The Balaban J connectivity index is 0.000000251. The Hall–Kier alpha value is -3.03. The summed E-state index contributed by atoms with van der Waals surface area (Å²) in [4.78, 5) is 24.7. The number of piperidine rings is 1. The van der Waals surface area contributed by atoms with E-state index in [2.05, 4.69) is 25.3 Å². The SMILES string of the molecule is CN(NC=O)SOc1ccc(Cl)cc1.Fc1ccc2nc(-c3ccc(N4CCC(OC5CCCCC5)CC4)nc3)[nH]c2c1.S. The lowest BCUT2D eigenvalue weighted by Gasteiger charge is -2.35. The van der Waals surface area contributed by atoms with Crippen molar-refractivity contribution in [1.29, 1.82) is 0 Å². The van der Waals surface area contributed by atoms with Crippen LogP contribution in [-0.2, 0) is 9.53 Å². The van der Waals surface area contributed by atoms with E-state index in [1.165, 1.54) is 48.7 Å². The molecule has 2 aromatic carbocycles. The highest BCUT2D eigenvalue weighted by Gasteiger charge is 2.24. The molecule has 236 valence electrons. The summed E-state index contributed by atoms with van der Waals surface area (Å²) in [5, 5.41) is 0.654. The first-order valence-electron chi connectivity index (χ1n) is 14.5. The molecule has 1 aliphatic carbocycles. The average molecular weight is 661 g/mol. The molecule has 0 radical (unpaired) electrons. The fourth-order valence-corrected chi connectivity index (χ4v) is 5.73. The second-order valence-electron chi connectivity index (χ2n) is 10.6. The highest BCUT2D eigenvalue weighted by Crippen LogP contribution is 2.27. The Labute approximate surface area is 273 Å². The van der Waals surface area contributed by atoms with Crippen molar-refractivity contribution in [2.45, 2.75) is 57.2 Å². The lowest BCUT2D eigenvalue weighted by Crippen LogP contribution is -2.39. The molecule has 1 amide bonds. The number of rotatable bonds is 9. The highest BCUT2D eigenvalue weighted by molar-refractivity contribution is 7.92. The van der Waals surface area contributed by atoms with Gasteiger partial charge in [-0.25, -0.2) is 14.4 Å². The molecular weight excluding hydrogens is 623 g/mol. The second-order valence-corrected chi connectivity index (χ2v) is 11.9. The molecule has 2 aliphatic rings. The van der Waals surface area contributed by atoms with E-state index in [-0.39, 0.29) is 19.3 Å².